The molecule has 0 saturated heterocycles. The Morgan fingerprint density at radius 2 is 1.89 bits per heavy atom. The maximum atomic E-state index is 5.62. The summed E-state index contributed by atoms with van der Waals surface area (Å²) in [6.07, 6.45) is 0. The highest BCUT2D eigenvalue weighted by atomic mass is 16.4. The minimum absolute atomic E-state index is 0.394. The van der Waals surface area contributed by atoms with Crippen molar-refractivity contribution in [2.24, 2.45) is 0 Å². The zero-order valence-corrected chi connectivity index (χ0v) is 11.8. The minimum atomic E-state index is 0.394. The fourth-order valence-electron chi connectivity index (χ4n) is 1.62. The van der Waals surface area contributed by atoms with E-state index in [1.54, 1.807) is 0 Å². The lowest BCUT2D eigenvalue weighted by Crippen LogP contribution is -2.21. The van der Waals surface area contributed by atoms with Crippen molar-refractivity contribution in [2.75, 3.05) is 11.9 Å². The molecule has 0 aliphatic heterocycles. The van der Waals surface area contributed by atoms with Gasteiger partial charge in [-0.3, -0.25) is 4.90 Å². The second-order valence-corrected chi connectivity index (χ2v) is 4.91. The van der Waals surface area contributed by atoms with Crippen LogP contribution < -0.4 is 10.2 Å². The highest BCUT2D eigenvalue weighted by Gasteiger charge is 2.12. The van der Waals surface area contributed by atoms with Gasteiger partial charge in [0.2, 0.25) is 5.89 Å². The van der Waals surface area contributed by atoms with Gasteiger partial charge in [0.05, 0.1) is 6.54 Å². The summed E-state index contributed by atoms with van der Waals surface area (Å²) in [7, 11) is 1.91. The lowest BCUT2D eigenvalue weighted by Gasteiger charge is -2.13. The summed E-state index contributed by atoms with van der Waals surface area (Å²) in [6, 6.07) is 9.08. The molecule has 0 amide bonds. The average molecular weight is 260 g/mol. The normalized spacial score (nSPS) is 11.0. The SMILES string of the molecule is Cc1ccc(N(C)c2nnc(CNC(C)C)o2)cc1. The van der Waals surface area contributed by atoms with E-state index in [-0.39, 0.29) is 0 Å². The summed E-state index contributed by atoms with van der Waals surface area (Å²) in [5.41, 5.74) is 2.25. The van der Waals surface area contributed by atoms with Crippen molar-refractivity contribution in [3.63, 3.8) is 0 Å². The molecule has 102 valence electrons. The van der Waals surface area contributed by atoms with Crippen LogP contribution in [0, 0.1) is 6.92 Å². The number of nitrogens with zero attached hydrogens (tertiary/aromatic N) is 3. The van der Waals surface area contributed by atoms with Crippen LogP contribution in [-0.4, -0.2) is 23.3 Å². The van der Waals surface area contributed by atoms with Crippen LogP contribution in [0.3, 0.4) is 0 Å². The van der Waals surface area contributed by atoms with Gasteiger partial charge in [-0.1, -0.05) is 36.6 Å². The zero-order chi connectivity index (χ0) is 13.8. The van der Waals surface area contributed by atoms with Crippen LogP contribution >= 0.6 is 0 Å². The molecule has 0 aliphatic carbocycles. The third-order valence-electron chi connectivity index (χ3n) is 2.83. The van der Waals surface area contributed by atoms with E-state index in [1.807, 2.05) is 24.1 Å². The van der Waals surface area contributed by atoms with Crippen LogP contribution in [0.4, 0.5) is 11.7 Å². The average Bonchev–Trinajstić information content (AvgIpc) is 2.85. The maximum absolute atomic E-state index is 5.62. The molecule has 19 heavy (non-hydrogen) atoms. The van der Waals surface area contributed by atoms with Gasteiger partial charge in [-0.05, 0) is 19.1 Å². The second kappa shape index (κ2) is 5.84. The van der Waals surface area contributed by atoms with Gasteiger partial charge in [-0.15, -0.1) is 5.10 Å². The number of anilines is 2. The summed E-state index contributed by atoms with van der Waals surface area (Å²) < 4.78 is 5.62. The Labute approximate surface area is 113 Å². The predicted octanol–water partition coefficient (Wildman–Crippen LogP) is 2.64. The van der Waals surface area contributed by atoms with E-state index in [9.17, 15) is 0 Å². The molecule has 5 heteroatoms. The monoisotopic (exact) mass is 260 g/mol. The smallest absolute Gasteiger partial charge is 0.322 e. The van der Waals surface area contributed by atoms with Gasteiger partial charge < -0.3 is 9.73 Å². The molecule has 5 nitrogen and oxygen atoms in total. The Kier molecular flexibility index (Phi) is 4.16. The van der Waals surface area contributed by atoms with E-state index in [1.165, 1.54) is 5.56 Å². The number of benzene rings is 1. The molecular weight excluding hydrogens is 240 g/mol. The minimum Gasteiger partial charge on any atom is -0.406 e. The van der Waals surface area contributed by atoms with Crippen LogP contribution in [0.25, 0.3) is 0 Å². The van der Waals surface area contributed by atoms with Crippen molar-refractivity contribution in [1.29, 1.82) is 0 Å². The first-order chi connectivity index (χ1) is 9.06. The summed E-state index contributed by atoms with van der Waals surface area (Å²) in [6.45, 7) is 6.81. The first-order valence-corrected chi connectivity index (χ1v) is 6.42. The maximum Gasteiger partial charge on any atom is 0.322 e. The quantitative estimate of drug-likeness (QED) is 0.895. The molecule has 1 aromatic carbocycles. The summed E-state index contributed by atoms with van der Waals surface area (Å²) in [4.78, 5) is 1.88. The number of rotatable bonds is 5. The Morgan fingerprint density at radius 3 is 2.53 bits per heavy atom. The van der Waals surface area contributed by atoms with Gasteiger partial charge in [0.1, 0.15) is 0 Å². The fraction of sp³-hybridized carbons (Fsp3) is 0.429. The largest absolute Gasteiger partial charge is 0.406 e. The third kappa shape index (κ3) is 3.54. The van der Waals surface area contributed by atoms with Gasteiger partial charge >= 0.3 is 6.01 Å². The van der Waals surface area contributed by atoms with Crippen LogP contribution in [0.1, 0.15) is 25.3 Å². The Bertz CT molecular complexity index is 518. The zero-order valence-electron chi connectivity index (χ0n) is 11.8. The van der Waals surface area contributed by atoms with Gasteiger partial charge in [-0.25, -0.2) is 0 Å². The van der Waals surface area contributed by atoms with E-state index in [4.69, 9.17) is 4.42 Å². The molecule has 0 bridgehead atoms. The van der Waals surface area contributed by atoms with Crippen molar-refractivity contribution >= 4 is 11.7 Å². The Morgan fingerprint density at radius 1 is 1.21 bits per heavy atom. The Balaban J connectivity index is 2.07. The van der Waals surface area contributed by atoms with E-state index in [0.717, 1.165) is 5.69 Å². The van der Waals surface area contributed by atoms with Crippen LogP contribution in [0.15, 0.2) is 28.7 Å². The van der Waals surface area contributed by atoms with Gasteiger partial charge in [0, 0.05) is 18.8 Å². The highest BCUT2D eigenvalue weighted by molar-refractivity contribution is 5.55. The topological polar surface area (TPSA) is 54.2 Å². The first kappa shape index (κ1) is 13.5. The number of hydrogen-bond donors (Lipinski definition) is 1. The molecule has 0 unspecified atom stereocenters. The molecule has 0 spiro atoms. The molecule has 0 fully saturated rings. The van der Waals surface area contributed by atoms with E-state index in [2.05, 4.69) is 48.4 Å². The molecular formula is C14H20N4O. The lowest BCUT2D eigenvalue weighted by atomic mass is 10.2. The lowest BCUT2D eigenvalue weighted by molar-refractivity contribution is 0.454. The van der Waals surface area contributed by atoms with Crippen molar-refractivity contribution in [3.05, 3.63) is 35.7 Å². The van der Waals surface area contributed by atoms with Crippen molar-refractivity contribution < 1.29 is 4.42 Å². The summed E-state index contributed by atoms with van der Waals surface area (Å²) in [5.74, 6) is 0.600. The predicted molar refractivity (Wildman–Crippen MR) is 75.5 cm³/mol. The molecule has 0 aliphatic rings. The first-order valence-electron chi connectivity index (χ1n) is 6.42. The van der Waals surface area contributed by atoms with E-state index < -0.39 is 0 Å². The van der Waals surface area contributed by atoms with E-state index >= 15 is 0 Å². The number of aromatic nitrogens is 2. The van der Waals surface area contributed by atoms with Crippen molar-refractivity contribution in [3.8, 4) is 0 Å². The van der Waals surface area contributed by atoms with Gasteiger partial charge in [0.15, 0.2) is 0 Å². The Hall–Kier alpha value is -1.88. The molecule has 0 saturated carbocycles. The van der Waals surface area contributed by atoms with Crippen molar-refractivity contribution in [1.82, 2.24) is 15.5 Å². The number of nitrogens with one attached hydrogen (secondary N) is 1. The second-order valence-electron chi connectivity index (χ2n) is 4.91. The molecule has 1 heterocycles. The molecule has 0 radical (unpaired) electrons. The standard InChI is InChI=1S/C14H20N4O/c1-10(2)15-9-13-16-17-14(19-13)18(4)12-7-5-11(3)6-8-12/h5-8,10,15H,9H2,1-4H3. The molecule has 0 atom stereocenters. The summed E-state index contributed by atoms with van der Waals surface area (Å²) in [5, 5.41) is 11.3. The van der Waals surface area contributed by atoms with Crippen molar-refractivity contribution in [2.45, 2.75) is 33.4 Å². The van der Waals surface area contributed by atoms with Gasteiger partial charge in [-0.2, -0.15) is 0 Å². The van der Waals surface area contributed by atoms with Crippen LogP contribution in [-0.2, 0) is 6.54 Å². The highest BCUT2D eigenvalue weighted by Crippen LogP contribution is 2.22. The third-order valence-corrected chi connectivity index (χ3v) is 2.83. The van der Waals surface area contributed by atoms with Crippen LogP contribution in [0.2, 0.25) is 0 Å². The molecule has 2 rings (SSSR count). The van der Waals surface area contributed by atoms with Crippen LogP contribution in [0.5, 0.6) is 0 Å². The van der Waals surface area contributed by atoms with Gasteiger partial charge in [0.25, 0.3) is 0 Å². The molecule has 2 aromatic rings. The molecule has 1 N–H and O–H groups in total. The summed E-state index contributed by atoms with van der Waals surface area (Å²) >= 11 is 0. The molecule has 1 aromatic heterocycles. The van der Waals surface area contributed by atoms with E-state index in [0.29, 0.717) is 24.5 Å². The number of hydrogen-bond acceptors (Lipinski definition) is 5. The number of aryl methyl sites for hydroxylation is 1. The fourth-order valence-corrected chi connectivity index (χ4v) is 1.62.